The fourth-order valence-corrected chi connectivity index (χ4v) is 4.99. The molecule has 0 unspecified atom stereocenters. The first-order chi connectivity index (χ1) is 14.2. The Bertz CT molecular complexity index is 997. The van der Waals surface area contributed by atoms with Crippen molar-refractivity contribution >= 4 is 28.0 Å². The highest BCUT2D eigenvalue weighted by Crippen LogP contribution is 2.31. The lowest BCUT2D eigenvalue weighted by atomic mass is 10.1. The molecule has 0 bridgehead atoms. The van der Waals surface area contributed by atoms with Crippen molar-refractivity contribution in [2.75, 3.05) is 32.7 Å². The number of hydrogen-bond donors (Lipinski definition) is 0. The van der Waals surface area contributed by atoms with Gasteiger partial charge in [-0.3, -0.25) is 4.79 Å². The number of carbonyl (C=O) groups is 1. The summed E-state index contributed by atoms with van der Waals surface area (Å²) < 4.78 is 0. The van der Waals surface area contributed by atoms with Crippen molar-refractivity contribution in [1.82, 2.24) is 14.8 Å². The van der Waals surface area contributed by atoms with Crippen molar-refractivity contribution in [3.8, 4) is 10.6 Å². The van der Waals surface area contributed by atoms with E-state index in [1.807, 2.05) is 11.8 Å². The minimum absolute atomic E-state index is 0.143. The molecule has 29 heavy (non-hydrogen) atoms. The van der Waals surface area contributed by atoms with E-state index in [1.165, 1.54) is 35.0 Å². The predicted octanol–water partition coefficient (Wildman–Crippen LogP) is 5.22. The Balaban J connectivity index is 1.51. The molecule has 5 heteroatoms. The number of aryl methyl sites for hydroxylation is 1. The molecule has 1 amide bonds. The van der Waals surface area contributed by atoms with Gasteiger partial charge in [-0.2, -0.15) is 0 Å². The summed E-state index contributed by atoms with van der Waals surface area (Å²) in [6, 6.07) is 14.7. The molecule has 1 saturated heterocycles. The first-order valence-electron chi connectivity index (χ1n) is 10.6. The fraction of sp³-hybridized carbons (Fsp3) is 0.417. The second-order valence-corrected chi connectivity index (χ2v) is 8.84. The summed E-state index contributed by atoms with van der Waals surface area (Å²) >= 11 is 1.53. The molecule has 0 N–H and O–H groups in total. The quantitative estimate of drug-likeness (QED) is 0.582. The van der Waals surface area contributed by atoms with Gasteiger partial charge in [0.1, 0.15) is 9.88 Å². The molecule has 3 aromatic rings. The second-order valence-electron chi connectivity index (χ2n) is 7.84. The zero-order valence-electron chi connectivity index (χ0n) is 17.4. The fourth-order valence-electron chi connectivity index (χ4n) is 3.96. The number of rotatable bonds is 5. The van der Waals surface area contributed by atoms with Crippen LogP contribution < -0.4 is 0 Å². The molecule has 2 aromatic carbocycles. The van der Waals surface area contributed by atoms with Gasteiger partial charge in [0.25, 0.3) is 5.91 Å². The topological polar surface area (TPSA) is 36.4 Å². The summed E-state index contributed by atoms with van der Waals surface area (Å²) in [5.41, 5.74) is 1.92. The van der Waals surface area contributed by atoms with Crippen LogP contribution in [-0.2, 0) is 0 Å². The third-order valence-electron chi connectivity index (χ3n) is 5.69. The maximum absolute atomic E-state index is 13.2. The van der Waals surface area contributed by atoms with E-state index in [-0.39, 0.29) is 5.91 Å². The van der Waals surface area contributed by atoms with E-state index >= 15 is 0 Å². The summed E-state index contributed by atoms with van der Waals surface area (Å²) in [4.78, 5) is 23.3. The summed E-state index contributed by atoms with van der Waals surface area (Å²) in [6.07, 6.45) is 3.50. The summed E-state index contributed by atoms with van der Waals surface area (Å²) in [5, 5.41) is 3.35. The monoisotopic (exact) mass is 407 g/mol. The largest absolute Gasteiger partial charge is 0.337 e. The van der Waals surface area contributed by atoms with Crippen LogP contribution in [0.25, 0.3) is 21.3 Å². The van der Waals surface area contributed by atoms with Crippen LogP contribution in [0.4, 0.5) is 0 Å². The first kappa shape index (κ1) is 20.0. The molecule has 152 valence electrons. The molecule has 2 heterocycles. The van der Waals surface area contributed by atoms with Crippen molar-refractivity contribution < 1.29 is 4.79 Å². The number of amides is 1. The maximum atomic E-state index is 13.2. The number of fused-ring (bicyclic) bond motifs is 1. The van der Waals surface area contributed by atoms with E-state index in [0.29, 0.717) is 0 Å². The molecule has 1 fully saturated rings. The number of benzene rings is 2. The van der Waals surface area contributed by atoms with E-state index in [1.54, 1.807) is 0 Å². The normalized spacial score (nSPS) is 15.6. The lowest BCUT2D eigenvalue weighted by Crippen LogP contribution is -2.35. The average Bonchev–Trinajstić information content (AvgIpc) is 2.98. The number of unbranched alkanes of at least 4 members (excludes halogenated alkanes) is 1. The highest BCUT2D eigenvalue weighted by Gasteiger charge is 2.24. The van der Waals surface area contributed by atoms with Crippen molar-refractivity contribution in [2.24, 2.45) is 0 Å². The number of nitrogens with zero attached hydrogens (tertiary/aromatic N) is 3. The minimum Gasteiger partial charge on any atom is -0.337 e. The lowest BCUT2D eigenvalue weighted by molar-refractivity contribution is 0.0765. The molecule has 0 radical (unpaired) electrons. The summed E-state index contributed by atoms with van der Waals surface area (Å²) in [6.45, 7) is 9.04. The van der Waals surface area contributed by atoms with Gasteiger partial charge in [-0.25, -0.2) is 4.98 Å². The molecule has 0 saturated carbocycles. The molecule has 0 spiro atoms. The molecule has 1 aliphatic rings. The van der Waals surface area contributed by atoms with Crippen LogP contribution in [0.15, 0.2) is 42.5 Å². The van der Waals surface area contributed by atoms with Crippen LogP contribution in [0.5, 0.6) is 0 Å². The van der Waals surface area contributed by atoms with Crippen molar-refractivity contribution in [3.05, 3.63) is 53.0 Å². The Hall–Kier alpha value is -2.24. The number of hydrogen-bond acceptors (Lipinski definition) is 4. The van der Waals surface area contributed by atoms with Crippen molar-refractivity contribution in [3.63, 3.8) is 0 Å². The molecule has 1 aliphatic heterocycles. The van der Waals surface area contributed by atoms with Gasteiger partial charge in [0.05, 0.1) is 5.69 Å². The lowest BCUT2D eigenvalue weighted by Gasteiger charge is -2.21. The Morgan fingerprint density at radius 1 is 1.07 bits per heavy atom. The first-order valence-corrected chi connectivity index (χ1v) is 11.5. The number of carbonyl (C=O) groups excluding carboxylic acids is 1. The summed E-state index contributed by atoms with van der Waals surface area (Å²) in [7, 11) is 0. The highest BCUT2D eigenvalue weighted by molar-refractivity contribution is 7.17. The van der Waals surface area contributed by atoms with Gasteiger partial charge < -0.3 is 9.80 Å². The highest BCUT2D eigenvalue weighted by atomic mass is 32.1. The number of aromatic nitrogens is 1. The molecule has 0 atom stereocenters. The Kier molecular flexibility index (Phi) is 6.26. The van der Waals surface area contributed by atoms with Crippen LogP contribution in [0.3, 0.4) is 0 Å². The molecule has 4 rings (SSSR count). The minimum atomic E-state index is 0.143. The van der Waals surface area contributed by atoms with Crippen LogP contribution in [0.2, 0.25) is 0 Å². The average molecular weight is 408 g/mol. The Labute approximate surface area is 177 Å². The Morgan fingerprint density at radius 3 is 2.72 bits per heavy atom. The van der Waals surface area contributed by atoms with Crippen LogP contribution in [0, 0.1) is 6.92 Å². The van der Waals surface area contributed by atoms with Crippen LogP contribution in [0.1, 0.15) is 41.6 Å². The summed E-state index contributed by atoms with van der Waals surface area (Å²) in [5.74, 6) is 0.143. The molecule has 4 nitrogen and oxygen atoms in total. The molecule has 0 aliphatic carbocycles. The van der Waals surface area contributed by atoms with E-state index in [4.69, 9.17) is 4.98 Å². The van der Waals surface area contributed by atoms with Gasteiger partial charge in [0, 0.05) is 25.2 Å². The van der Waals surface area contributed by atoms with Crippen LogP contribution >= 0.6 is 11.3 Å². The molecule has 1 aromatic heterocycles. The zero-order chi connectivity index (χ0) is 20.2. The van der Waals surface area contributed by atoms with Gasteiger partial charge >= 0.3 is 0 Å². The maximum Gasteiger partial charge on any atom is 0.265 e. The van der Waals surface area contributed by atoms with E-state index in [0.717, 1.165) is 60.3 Å². The molecular formula is C24H29N3OS. The van der Waals surface area contributed by atoms with Gasteiger partial charge in [-0.15, -0.1) is 11.3 Å². The smallest absolute Gasteiger partial charge is 0.265 e. The van der Waals surface area contributed by atoms with E-state index in [2.05, 4.69) is 54.3 Å². The predicted molar refractivity (Wildman–Crippen MR) is 122 cm³/mol. The van der Waals surface area contributed by atoms with Crippen LogP contribution in [-0.4, -0.2) is 53.4 Å². The van der Waals surface area contributed by atoms with Crippen molar-refractivity contribution in [1.29, 1.82) is 0 Å². The zero-order valence-corrected chi connectivity index (χ0v) is 18.2. The third-order valence-corrected chi connectivity index (χ3v) is 6.89. The van der Waals surface area contributed by atoms with E-state index < -0.39 is 0 Å². The third kappa shape index (κ3) is 4.51. The SMILES string of the molecule is CCCCN1CCCN(C(=O)c2sc(-c3ccc4ccccc4c3)nc2C)CC1. The van der Waals surface area contributed by atoms with Gasteiger partial charge in [-0.1, -0.05) is 49.7 Å². The van der Waals surface area contributed by atoms with Gasteiger partial charge in [0.2, 0.25) is 0 Å². The van der Waals surface area contributed by atoms with Crippen molar-refractivity contribution in [2.45, 2.75) is 33.1 Å². The molecular weight excluding hydrogens is 378 g/mol. The Morgan fingerprint density at radius 2 is 1.90 bits per heavy atom. The standard InChI is InChI=1S/C24H29N3OS/c1-3-4-12-26-13-7-14-27(16-15-26)24(28)22-18(2)25-23(29-22)21-11-10-19-8-5-6-9-20(19)17-21/h5-6,8-11,17H,3-4,7,12-16H2,1-2H3. The second kappa shape index (κ2) is 9.06. The van der Waals surface area contributed by atoms with Gasteiger partial charge in [0.15, 0.2) is 0 Å². The van der Waals surface area contributed by atoms with Gasteiger partial charge in [-0.05, 0) is 49.7 Å². The van der Waals surface area contributed by atoms with E-state index in [9.17, 15) is 4.79 Å². The number of thiazole rings is 1.